The Bertz CT molecular complexity index is 1470. The van der Waals surface area contributed by atoms with Crippen molar-refractivity contribution >= 4 is 11.9 Å². The van der Waals surface area contributed by atoms with Gasteiger partial charge in [0.05, 0.1) is 31.8 Å². The van der Waals surface area contributed by atoms with Crippen LogP contribution < -0.4 is 0 Å². The summed E-state index contributed by atoms with van der Waals surface area (Å²) >= 11 is 0. The Morgan fingerprint density at radius 3 is 1.25 bits per heavy atom. The highest BCUT2D eigenvalue weighted by molar-refractivity contribution is 5.70. The van der Waals surface area contributed by atoms with Crippen LogP contribution in [0.4, 0.5) is 0 Å². The summed E-state index contributed by atoms with van der Waals surface area (Å²) in [5.74, 6) is -0.0549. The van der Waals surface area contributed by atoms with E-state index in [0.717, 1.165) is 33.4 Å². The van der Waals surface area contributed by atoms with Gasteiger partial charge in [0, 0.05) is 23.7 Å². The van der Waals surface area contributed by atoms with Crippen molar-refractivity contribution in [1.82, 2.24) is 0 Å². The predicted molar refractivity (Wildman–Crippen MR) is 203 cm³/mol. The first kappa shape index (κ1) is 42.6. The number of aromatic hydroxyl groups is 2. The highest BCUT2D eigenvalue weighted by Crippen LogP contribution is 2.39. The molecule has 10 nitrogen and oxygen atoms in total. The van der Waals surface area contributed by atoms with Gasteiger partial charge in [0.25, 0.3) is 0 Å². The van der Waals surface area contributed by atoms with Crippen LogP contribution in [0.3, 0.4) is 0 Å². The molecule has 53 heavy (non-hydrogen) atoms. The summed E-state index contributed by atoms with van der Waals surface area (Å²) in [6, 6.07) is 7.51. The molecular formula is C43H64O10. The summed E-state index contributed by atoms with van der Waals surface area (Å²) in [5.41, 5.74) is 3.54. The van der Waals surface area contributed by atoms with Crippen molar-refractivity contribution in [2.24, 2.45) is 16.2 Å². The SMILES string of the molecule is Cc1cc(O)c(C(C)(C)C)cc1CCC(=O)OCC(C)(C)C1OCC2(CO1)COC(C(C)(C)COC(=O)CCc1cc(C(C)(C)C)c(O)cc1C)OC2. The maximum atomic E-state index is 12.8. The second kappa shape index (κ2) is 16.3. The molecule has 0 radical (unpaired) electrons. The molecule has 2 aliphatic rings. The zero-order valence-corrected chi connectivity index (χ0v) is 34.2. The number of carbonyl (C=O) groups is 2. The van der Waals surface area contributed by atoms with Crippen LogP contribution in [-0.4, -0.2) is 74.4 Å². The predicted octanol–water partition coefficient (Wildman–Crippen LogP) is 7.75. The van der Waals surface area contributed by atoms with Gasteiger partial charge in [0.2, 0.25) is 0 Å². The Morgan fingerprint density at radius 1 is 0.623 bits per heavy atom. The average molecular weight is 741 g/mol. The van der Waals surface area contributed by atoms with Gasteiger partial charge in [-0.3, -0.25) is 9.59 Å². The van der Waals surface area contributed by atoms with E-state index in [1.807, 2.05) is 53.7 Å². The van der Waals surface area contributed by atoms with E-state index in [-0.39, 0.29) is 60.3 Å². The van der Waals surface area contributed by atoms with Gasteiger partial charge in [-0.1, -0.05) is 81.4 Å². The highest BCUT2D eigenvalue weighted by atomic mass is 16.7. The number of aryl methyl sites for hydroxylation is 4. The molecule has 0 amide bonds. The van der Waals surface area contributed by atoms with Crippen LogP contribution in [0.1, 0.15) is 115 Å². The standard InChI is InChI=1S/C43H64O10/c1-27-17-33(44)31(39(3,4)5)19-29(27)13-15-35(46)48-21-41(9,10)37-50-23-43(24-51-37)25-52-38(53-26-43)42(11,12)22-49-36(47)16-14-30-20-32(40(6,7)8)34(45)18-28(30)2/h17-20,37-38,44-45H,13-16,21-26H2,1-12H3. The van der Waals surface area contributed by atoms with Gasteiger partial charge in [-0.05, 0) is 83.0 Å². The smallest absolute Gasteiger partial charge is 0.306 e. The third-order valence-electron chi connectivity index (χ3n) is 10.4. The molecule has 2 aromatic rings. The zero-order valence-electron chi connectivity index (χ0n) is 34.2. The number of carbonyl (C=O) groups excluding carboxylic acids is 2. The van der Waals surface area contributed by atoms with Crippen molar-refractivity contribution in [1.29, 1.82) is 0 Å². The lowest BCUT2D eigenvalue weighted by molar-refractivity contribution is -0.337. The van der Waals surface area contributed by atoms with Crippen LogP contribution in [0.15, 0.2) is 24.3 Å². The fourth-order valence-corrected chi connectivity index (χ4v) is 6.76. The summed E-state index contributed by atoms with van der Waals surface area (Å²) in [4.78, 5) is 25.6. The van der Waals surface area contributed by atoms with Gasteiger partial charge in [0.1, 0.15) is 24.7 Å². The van der Waals surface area contributed by atoms with Crippen LogP contribution in [0.2, 0.25) is 0 Å². The van der Waals surface area contributed by atoms with E-state index in [4.69, 9.17) is 28.4 Å². The first-order valence-corrected chi connectivity index (χ1v) is 18.9. The Morgan fingerprint density at radius 2 is 0.943 bits per heavy atom. The third kappa shape index (κ3) is 11.0. The number of rotatable bonds is 12. The molecular weight excluding hydrogens is 676 g/mol. The van der Waals surface area contributed by atoms with Crippen LogP contribution >= 0.6 is 0 Å². The fraction of sp³-hybridized carbons (Fsp3) is 0.674. The number of esters is 2. The van der Waals surface area contributed by atoms with E-state index in [0.29, 0.717) is 39.3 Å². The monoisotopic (exact) mass is 740 g/mol. The normalized spacial score (nSPS) is 21.4. The molecule has 1 spiro atoms. The van der Waals surface area contributed by atoms with E-state index < -0.39 is 28.8 Å². The Kier molecular flexibility index (Phi) is 13.1. The van der Waals surface area contributed by atoms with Gasteiger partial charge < -0.3 is 38.6 Å². The number of hydrogen-bond donors (Lipinski definition) is 2. The van der Waals surface area contributed by atoms with Crippen LogP contribution in [0.5, 0.6) is 11.5 Å². The minimum Gasteiger partial charge on any atom is -0.508 e. The van der Waals surface area contributed by atoms with Crippen molar-refractivity contribution in [3.05, 3.63) is 57.6 Å². The summed E-state index contributed by atoms with van der Waals surface area (Å²) < 4.78 is 36.2. The second-order valence-corrected chi connectivity index (χ2v) is 18.8. The second-order valence-electron chi connectivity index (χ2n) is 18.8. The maximum Gasteiger partial charge on any atom is 0.306 e. The molecule has 2 heterocycles. The summed E-state index contributed by atoms with van der Waals surface area (Å²) in [5, 5.41) is 20.8. The quantitative estimate of drug-likeness (QED) is 0.209. The molecule has 2 saturated heterocycles. The van der Waals surface area contributed by atoms with Crippen LogP contribution in [0.25, 0.3) is 0 Å². The number of phenols is 2. The lowest BCUT2D eigenvalue weighted by Crippen LogP contribution is -2.57. The molecule has 2 fully saturated rings. The molecule has 2 N–H and O–H groups in total. The van der Waals surface area contributed by atoms with Gasteiger partial charge in [-0.25, -0.2) is 0 Å². The lowest BCUT2D eigenvalue weighted by Gasteiger charge is -2.48. The minimum atomic E-state index is -0.591. The molecule has 0 atom stereocenters. The number of phenolic OH excluding ortho intramolecular Hbond substituents is 2. The van der Waals surface area contributed by atoms with Crippen molar-refractivity contribution in [3.8, 4) is 11.5 Å². The molecule has 0 unspecified atom stereocenters. The molecule has 0 aromatic heterocycles. The Labute approximate surface area is 316 Å². The number of hydrogen-bond acceptors (Lipinski definition) is 10. The number of benzene rings is 2. The fourth-order valence-electron chi connectivity index (χ4n) is 6.76. The van der Waals surface area contributed by atoms with E-state index in [9.17, 15) is 19.8 Å². The van der Waals surface area contributed by atoms with Crippen molar-refractivity contribution in [2.45, 2.75) is 132 Å². The van der Waals surface area contributed by atoms with Crippen molar-refractivity contribution < 1.29 is 48.2 Å². The summed E-state index contributed by atoms with van der Waals surface area (Å²) in [6.07, 6.45) is 0.343. The van der Waals surface area contributed by atoms with E-state index in [2.05, 4.69) is 41.5 Å². The van der Waals surface area contributed by atoms with Gasteiger partial charge in [-0.15, -0.1) is 0 Å². The largest absolute Gasteiger partial charge is 0.508 e. The highest BCUT2D eigenvalue weighted by Gasteiger charge is 2.48. The van der Waals surface area contributed by atoms with Crippen molar-refractivity contribution in [2.75, 3.05) is 39.6 Å². The molecule has 0 aliphatic carbocycles. The number of ether oxygens (including phenoxy) is 6. The third-order valence-corrected chi connectivity index (χ3v) is 10.4. The van der Waals surface area contributed by atoms with Gasteiger partial charge in [0.15, 0.2) is 12.6 Å². The van der Waals surface area contributed by atoms with E-state index in [1.165, 1.54) is 0 Å². The molecule has 10 heteroatoms. The van der Waals surface area contributed by atoms with E-state index in [1.54, 1.807) is 12.1 Å². The molecule has 4 rings (SSSR count). The minimum absolute atomic E-state index is 0.139. The van der Waals surface area contributed by atoms with Crippen LogP contribution in [-0.2, 0) is 61.7 Å². The van der Waals surface area contributed by atoms with Crippen molar-refractivity contribution in [3.63, 3.8) is 0 Å². The van der Waals surface area contributed by atoms with E-state index >= 15 is 0 Å². The summed E-state index contributed by atoms with van der Waals surface area (Å²) in [7, 11) is 0. The van der Waals surface area contributed by atoms with Gasteiger partial charge >= 0.3 is 11.9 Å². The summed E-state index contributed by atoms with van der Waals surface area (Å²) in [6.45, 7) is 25.7. The maximum absolute atomic E-state index is 12.8. The Hall–Kier alpha value is -3.18. The molecule has 0 bridgehead atoms. The molecule has 2 aromatic carbocycles. The molecule has 2 aliphatic heterocycles. The molecule has 0 saturated carbocycles. The van der Waals surface area contributed by atoms with Gasteiger partial charge in [-0.2, -0.15) is 0 Å². The van der Waals surface area contributed by atoms with Crippen LogP contribution in [0, 0.1) is 30.1 Å². The zero-order chi connectivity index (χ0) is 39.6. The first-order chi connectivity index (χ1) is 24.4. The Balaban J connectivity index is 1.19. The molecule has 296 valence electrons. The first-order valence-electron chi connectivity index (χ1n) is 18.9. The lowest BCUT2D eigenvalue weighted by atomic mass is 9.84. The average Bonchev–Trinajstić information content (AvgIpc) is 3.05. The topological polar surface area (TPSA) is 130 Å².